The standard InChI is InChI=1S/C15H26N2O3/c1-20-8-13(9-2-3-9)16-15(19)17-14-11-5-4-10(6-11)12(14)7-18/h9-14,18H,2-8H2,1H3,(H2,16,17,19). The highest BCUT2D eigenvalue weighted by Crippen LogP contribution is 2.48. The Hall–Kier alpha value is -0.810. The molecule has 3 rings (SSSR count). The van der Waals surface area contributed by atoms with Crippen LogP contribution in [0.15, 0.2) is 0 Å². The third-order valence-electron chi connectivity index (χ3n) is 5.45. The molecule has 5 nitrogen and oxygen atoms in total. The molecule has 0 spiro atoms. The van der Waals surface area contributed by atoms with Gasteiger partial charge in [-0.3, -0.25) is 0 Å². The fourth-order valence-electron chi connectivity index (χ4n) is 4.23. The van der Waals surface area contributed by atoms with Crippen molar-refractivity contribution in [3.63, 3.8) is 0 Å². The zero-order valence-corrected chi connectivity index (χ0v) is 12.2. The average Bonchev–Trinajstić information content (AvgIpc) is 3.10. The summed E-state index contributed by atoms with van der Waals surface area (Å²) < 4.78 is 5.19. The van der Waals surface area contributed by atoms with Crippen molar-refractivity contribution in [1.82, 2.24) is 10.6 Å². The number of amides is 2. The Labute approximate surface area is 120 Å². The summed E-state index contributed by atoms with van der Waals surface area (Å²) in [6, 6.07) is 0.197. The molecule has 3 N–H and O–H groups in total. The number of fused-ring (bicyclic) bond motifs is 2. The predicted octanol–water partition coefficient (Wildman–Crippen LogP) is 1.12. The van der Waals surface area contributed by atoms with Crippen molar-refractivity contribution in [2.45, 2.75) is 44.2 Å². The van der Waals surface area contributed by atoms with Gasteiger partial charge in [-0.2, -0.15) is 0 Å². The second kappa shape index (κ2) is 5.90. The third kappa shape index (κ3) is 2.79. The van der Waals surface area contributed by atoms with Crippen LogP contribution in [0.3, 0.4) is 0 Å². The van der Waals surface area contributed by atoms with Crippen LogP contribution in [0.1, 0.15) is 32.1 Å². The summed E-state index contributed by atoms with van der Waals surface area (Å²) in [6.45, 7) is 0.772. The lowest BCUT2D eigenvalue weighted by Crippen LogP contribution is -2.52. The topological polar surface area (TPSA) is 70.6 Å². The highest BCUT2D eigenvalue weighted by molar-refractivity contribution is 5.74. The number of hydrogen-bond acceptors (Lipinski definition) is 3. The quantitative estimate of drug-likeness (QED) is 0.683. The number of aliphatic hydroxyl groups is 1. The molecule has 0 aliphatic heterocycles. The molecular formula is C15H26N2O3. The van der Waals surface area contributed by atoms with E-state index in [2.05, 4.69) is 10.6 Å². The first-order valence-corrected chi connectivity index (χ1v) is 7.89. The van der Waals surface area contributed by atoms with Gasteiger partial charge in [-0.25, -0.2) is 4.79 Å². The van der Waals surface area contributed by atoms with Crippen molar-refractivity contribution in [3.8, 4) is 0 Å². The summed E-state index contributed by atoms with van der Waals surface area (Å²) in [7, 11) is 1.67. The zero-order chi connectivity index (χ0) is 14.1. The number of hydrogen-bond donors (Lipinski definition) is 3. The molecule has 114 valence electrons. The number of nitrogens with one attached hydrogen (secondary N) is 2. The van der Waals surface area contributed by atoms with E-state index in [9.17, 15) is 9.90 Å². The molecule has 2 bridgehead atoms. The van der Waals surface area contributed by atoms with Crippen molar-refractivity contribution in [2.75, 3.05) is 20.3 Å². The molecule has 3 aliphatic rings. The molecule has 3 fully saturated rings. The number of methoxy groups -OCH3 is 1. The van der Waals surface area contributed by atoms with Crippen LogP contribution >= 0.6 is 0 Å². The number of aliphatic hydroxyl groups excluding tert-OH is 1. The summed E-state index contributed by atoms with van der Waals surface area (Å²) in [5.74, 6) is 1.99. The van der Waals surface area contributed by atoms with Crippen LogP contribution in [-0.4, -0.2) is 43.5 Å². The van der Waals surface area contributed by atoms with E-state index in [1.165, 1.54) is 32.1 Å². The van der Waals surface area contributed by atoms with Crippen LogP contribution in [0.2, 0.25) is 0 Å². The van der Waals surface area contributed by atoms with E-state index in [0.29, 0.717) is 24.4 Å². The van der Waals surface area contributed by atoms with Crippen LogP contribution in [-0.2, 0) is 4.74 Å². The maximum atomic E-state index is 12.2. The van der Waals surface area contributed by atoms with Crippen molar-refractivity contribution in [3.05, 3.63) is 0 Å². The Bertz CT molecular complexity index is 359. The Morgan fingerprint density at radius 2 is 2.05 bits per heavy atom. The lowest BCUT2D eigenvalue weighted by atomic mass is 9.85. The van der Waals surface area contributed by atoms with Crippen molar-refractivity contribution >= 4 is 6.03 Å². The van der Waals surface area contributed by atoms with Gasteiger partial charge in [-0.1, -0.05) is 0 Å². The maximum absolute atomic E-state index is 12.2. The zero-order valence-electron chi connectivity index (χ0n) is 12.2. The molecule has 0 heterocycles. The van der Waals surface area contributed by atoms with Crippen molar-refractivity contribution < 1.29 is 14.6 Å². The van der Waals surface area contributed by atoms with E-state index in [0.717, 1.165) is 0 Å². The fourth-order valence-corrected chi connectivity index (χ4v) is 4.23. The number of rotatable bonds is 6. The minimum absolute atomic E-state index is 0.0880. The minimum Gasteiger partial charge on any atom is -0.396 e. The molecule has 0 aromatic heterocycles. The van der Waals surface area contributed by atoms with Gasteiger partial charge in [0, 0.05) is 25.7 Å². The SMILES string of the molecule is COCC(NC(=O)NC1C2CCC(C2)C1CO)C1CC1. The smallest absolute Gasteiger partial charge is 0.315 e. The van der Waals surface area contributed by atoms with E-state index in [1.54, 1.807) is 7.11 Å². The van der Waals surface area contributed by atoms with Crippen molar-refractivity contribution in [1.29, 1.82) is 0 Å². The highest BCUT2D eigenvalue weighted by atomic mass is 16.5. The molecule has 0 saturated heterocycles. The molecule has 3 aliphatic carbocycles. The van der Waals surface area contributed by atoms with Crippen LogP contribution in [0.25, 0.3) is 0 Å². The predicted molar refractivity (Wildman–Crippen MR) is 75.3 cm³/mol. The van der Waals surface area contributed by atoms with Crippen LogP contribution in [0.5, 0.6) is 0 Å². The number of urea groups is 1. The largest absolute Gasteiger partial charge is 0.396 e. The van der Waals surface area contributed by atoms with Gasteiger partial charge in [0.15, 0.2) is 0 Å². The molecule has 20 heavy (non-hydrogen) atoms. The Balaban J connectivity index is 1.53. The first kappa shape index (κ1) is 14.1. The molecule has 0 radical (unpaired) electrons. The van der Waals surface area contributed by atoms with Gasteiger partial charge in [0.05, 0.1) is 12.6 Å². The molecule has 5 atom stereocenters. The average molecular weight is 282 g/mol. The second-order valence-electron chi connectivity index (χ2n) is 6.72. The van der Waals surface area contributed by atoms with E-state index in [-0.39, 0.29) is 30.6 Å². The van der Waals surface area contributed by atoms with Gasteiger partial charge in [-0.15, -0.1) is 0 Å². The van der Waals surface area contributed by atoms with Crippen molar-refractivity contribution in [2.24, 2.45) is 23.7 Å². The summed E-state index contributed by atoms with van der Waals surface area (Å²) >= 11 is 0. The molecule has 5 unspecified atom stereocenters. The minimum atomic E-state index is -0.0880. The Morgan fingerprint density at radius 3 is 2.70 bits per heavy atom. The maximum Gasteiger partial charge on any atom is 0.315 e. The van der Waals surface area contributed by atoms with E-state index < -0.39 is 0 Å². The molecule has 0 aromatic rings. The Morgan fingerprint density at radius 1 is 1.30 bits per heavy atom. The lowest BCUT2D eigenvalue weighted by molar-refractivity contribution is 0.138. The fraction of sp³-hybridized carbons (Fsp3) is 0.933. The Kier molecular flexibility index (Phi) is 4.17. The summed E-state index contributed by atoms with van der Waals surface area (Å²) in [5.41, 5.74) is 0. The first-order chi connectivity index (χ1) is 9.72. The summed E-state index contributed by atoms with van der Waals surface area (Å²) in [5, 5.41) is 15.7. The number of ether oxygens (including phenoxy) is 1. The molecule has 0 aromatic carbocycles. The third-order valence-corrected chi connectivity index (χ3v) is 5.45. The first-order valence-electron chi connectivity index (χ1n) is 7.89. The summed E-state index contributed by atoms with van der Waals surface area (Å²) in [4.78, 5) is 12.2. The van der Waals surface area contributed by atoms with Gasteiger partial charge in [-0.05, 0) is 49.9 Å². The summed E-state index contributed by atoms with van der Waals surface area (Å²) in [6.07, 6.45) is 5.93. The van der Waals surface area contributed by atoms with Crippen LogP contribution < -0.4 is 10.6 Å². The van der Waals surface area contributed by atoms with Gasteiger partial charge in [0.25, 0.3) is 0 Å². The van der Waals surface area contributed by atoms with E-state index in [4.69, 9.17) is 4.74 Å². The van der Waals surface area contributed by atoms with Crippen LogP contribution in [0, 0.1) is 23.7 Å². The molecule has 3 saturated carbocycles. The van der Waals surface area contributed by atoms with Gasteiger partial charge in [0.2, 0.25) is 0 Å². The molecular weight excluding hydrogens is 256 g/mol. The molecule has 2 amide bonds. The monoisotopic (exact) mass is 282 g/mol. The highest BCUT2D eigenvalue weighted by Gasteiger charge is 2.47. The van der Waals surface area contributed by atoms with Gasteiger partial charge < -0.3 is 20.5 Å². The normalized spacial score (nSPS) is 36.9. The van der Waals surface area contributed by atoms with Crippen LogP contribution in [0.4, 0.5) is 4.79 Å². The number of carbonyl (C=O) groups excluding carboxylic acids is 1. The van der Waals surface area contributed by atoms with E-state index >= 15 is 0 Å². The second-order valence-corrected chi connectivity index (χ2v) is 6.72. The molecule has 5 heteroatoms. The number of carbonyl (C=O) groups is 1. The van der Waals surface area contributed by atoms with E-state index in [1.807, 2.05) is 0 Å². The van der Waals surface area contributed by atoms with Gasteiger partial charge in [0.1, 0.15) is 0 Å². The van der Waals surface area contributed by atoms with Gasteiger partial charge >= 0.3 is 6.03 Å². The lowest BCUT2D eigenvalue weighted by Gasteiger charge is -2.31.